The van der Waals surface area contributed by atoms with Gasteiger partial charge in [0.25, 0.3) is 5.91 Å². The van der Waals surface area contributed by atoms with Crippen LogP contribution in [-0.4, -0.2) is 30.1 Å². The quantitative estimate of drug-likeness (QED) is 0.680. The molecule has 1 heterocycles. The van der Waals surface area contributed by atoms with E-state index in [0.717, 1.165) is 0 Å². The molecule has 1 amide bonds. The highest BCUT2D eigenvalue weighted by molar-refractivity contribution is 6.06. The average molecular weight is 306 g/mol. The SMILES string of the molecule is CCC(C)OC(=O)C(C)N1C(=O)C(C)Oc2cccc(N)c21. The van der Waals surface area contributed by atoms with Crippen molar-refractivity contribution in [2.24, 2.45) is 0 Å². The number of nitrogens with zero attached hydrogens (tertiary/aromatic N) is 1. The van der Waals surface area contributed by atoms with Crippen LogP contribution in [0.1, 0.15) is 34.1 Å². The van der Waals surface area contributed by atoms with E-state index >= 15 is 0 Å². The highest BCUT2D eigenvalue weighted by Crippen LogP contribution is 2.40. The van der Waals surface area contributed by atoms with Crippen molar-refractivity contribution in [3.05, 3.63) is 18.2 Å². The molecule has 0 saturated carbocycles. The first-order chi connectivity index (χ1) is 10.4. The van der Waals surface area contributed by atoms with E-state index in [0.29, 0.717) is 23.5 Å². The van der Waals surface area contributed by atoms with Gasteiger partial charge in [0.2, 0.25) is 0 Å². The number of carbonyl (C=O) groups is 2. The predicted molar refractivity (Wildman–Crippen MR) is 83.7 cm³/mol. The third-order valence-corrected chi connectivity index (χ3v) is 3.78. The molecule has 3 atom stereocenters. The van der Waals surface area contributed by atoms with Crippen LogP contribution in [0.3, 0.4) is 0 Å². The lowest BCUT2D eigenvalue weighted by Crippen LogP contribution is -2.52. The first kappa shape index (κ1) is 16.1. The van der Waals surface area contributed by atoms with Crippen molar-refractivity contribution < 1.29 is 19.1 Å². The summed E-state index contributed by atoms with van der Waals surface area (Å²) in [5.41, 5.74) is 6.80. The summed E-state index contributed by atoms with van der Waals surface area (Å²) in [6.45, 7) is 7.03. The van der Waals surface area contributed by atoms with Crippen molar-refractivity contribution >= 4 is 23.3 Å². The molecule has 2 rings (SSSR count). The fourth-order valence-electron chi connectivity index (χ4n) is 2.31. The number of para-hydroxylation sites is 1. The van der Waals surface area contributed by atoms with Crippen LogP contribution in [0.5, 0.6) is 5.75 Å². The largest absolute Gasteiger partial charge is 0.479 e. The molecule has 0 fully saturated rings. The molecule has 6 heteroatoms. The van der Waals surface area contributed by atoms with Crippen molar-refractivity contribution in [2.75, 3.05) is 10.6 Å². The Kier molecular flexibility index (Phi) is 4.59. The molecule has 0 aliphatic carbocycles. The van der Waals surface area contributed by atoms with Crippen LogP contribution in [0, 0.1) is 0 Å². The molecule has 0 spiro atoms. The van der Waals surface area contributed by atoms with Gasteiger partial charge in [0.05, 0.1) is 11.8 Å². The first-order valence-electron chi connectivity index (χ1n) is 7.45. The third-order valence-electron chi connectivity index (χ3n) is 3.78. The van der Waals surface area contributed by atoms with E-state index in [4.69, 9.17) is 15.2 Å². The molecule has 22 heavy (non-hydrogen) atoms. The lowest BCUT2D eigenvalue weighted by Gasteiger charge is -2.36. The second-order valence-electron chi connectivity index (χ2n) is 5.49. The molecule has 6 nitrogen and oxygen atoms in total. The standard InChI is InChI=1S/C16H22N2O4/c1-5-9(2)21-16(20)10(3)18-14-12(17)7-6-8-13(14)22-11(4)15(18)19/h6-11H,5,17H2,1-4H3. The number of nitrogens with two attached hydrogens (primary N) is 1. The van der Waals surface area contributed by atoms with Gasteiger partial charge < -0.3 is 15.2 Å². The maximum atomic E-state index is 12.5. The summed E-state index contributed by atoms with van der Waals surface area (Å²) in [4.78, 5) is 26.1. The summed E-state index contributed by atoms with van der Waals surface area (Å²) in [6.07, 6.45) is -0.158. The minimum absolute atomic E-state index is 0.198. The molecule has 0 bridgehead atoms. The van der Waals surface area contributed by atoms with Gasteiger partial charge in [-0.05, 0) is 39.3 Å². The molecule has 1 aromatic rings. The van der Waals surface area contributed by atoms with Gasteiger partial charge in [0.15, 0.2) is 6.10 Å². The van der Waals surface area contributed by atoms with Crippen LogP contribution in [0.15, 0.2) is 18.2 Å². The fraction of sp³-hybridized carbons (Fsp3) is 0.500. The Balaban J connectivity index is 2.37. The second-order valence-corrected chi connectivity index (χ2v) is 5.49. The summed E-state index contributed by atoms with van der Waals surface area (Å²) < 4.78 is 10.9. The van der Waals surface area contributed by atoms with Gasteiger partial charge in [-0.2, -0.15) is 0 Å². The number of esters is 1. The van der Waals surface area contributed by atoms with Crippen molar-refractivity contribution in [3.8, 4) is 5.75 Å². The van der Waals surface area contributed by atoms with Crippen molar-refractivity contribution in [3.63, 3.8) is 0 Å². The number of benzene rings is 1. The maximum Gasteiger partial charge on any atom is 0.329 e. The van der Waals surface area contributed by atoms with Gasteiger partial charge in [-0.1, -0.05) is 13.0 Å². The van der Waals surface area contributed by atoms with Gasteiger partial charge in [0, 0.05) is 0 Å². The zero-order valence-electron chi connectivity index (χ0n) is 13.3. The summed E-state index contributed by atoms with van der Waals surface area (Å²) in [5.74, 6) is -0.264. The van der Waals surface area contributed by atoms with Crippen LogP contribution in [0.25, 0.3) is 0 Å². The molecule has 0 radical (unpaired) electrons. The number of ether oxygens (including phenoxy) is 2. The number of hydrogen-bond acceptors (Lipinski definition) is 5. The van der Waals surface area contributed by atoms with E-state index < -0.39 is 18.1 Å². The van der Waals surface area contributed by atoms with Crippen LogP contribution in [0.4, 0.5) is 11.4 Å². The van der Waals surface area contributed by atoms with Gasteiger partial charge in [-0.25, -0.2) is 4.79 Å². The lowest BCUT2D eigenvalue weighted by molar-refractivity contribution is -0.151. The summed E-state index contributed by atoms with van der Waals surface area (Å²) >= 11 is 0. The maximum absolute atomic E-state index is 12.5. The number of carbonyl (C=O) groups excluding carboxylic acids is 2. The Hall–Kier alpha value is -2.24. The van der Waals surface area contributed by atoms with E-state index in [1.165, 1.54) is 4.90 Å². The Morgan fingerprint density at radius 1 is 1.45 bits per heavy atom. The summed E-state index contributed by atoms with van der Waals surface area (Å²) in [7, 11) is 0. The van der Waals surface area contributed by atoms with Gasteiger partial charge in [-0.3, -0.25) is 9.69 Å². The van der Waals surface area contributed by atoms with Crippen molar-refractivity contribution in [2.45, 2.75) is 52.4 Å². The first-order valence-corrected chi connectivity index (χ1v) is 7.45. The van der Waals surface area contributed by atoms with Gasteiger partial charge in [-0.15, -0.1) is 0 Å². The number of fused-ring (bicyclic) bond motifs is 1. The molecule has 120 valence electrons. The number of amides is 1. The Morgan fingerprint density at radius 2 is 2.14 bits per heavy atom. The van der Waals surface area contributed by atoms with E-state index in [9.17, 15) is 9.59 Å². The molecule has 0 aromatic heterocycles. The average Bonchev–Trinajstić information content (AvgIpc) is 2.48. The zero-order valence-corrected chi connectivity index (χ0v) is 13.3. The Labute approximate surface area is 130 Å². The van der Waals surface area contributed by atoms with E-state index in [1.807, 2.05) is 13.8 Å². The number of rotatable bonds is 4. The monoisotopic (exact) mass is 306 g/mol. The summed E-state index contributed by atoms with van der Waals surface area (Å²) in [5, 5.41) is 0. The second kappa shape index (κ2) is 6.25. The van der Waals surface area contributed by atoms with Crippen molar-refractivity contribution in [1.82, 2.24) is 0 Å². The molecule has 3 unspecified atom stereocenters. The highest BCUT2D eigenvalue weighted by atomic mass is 16.5. The number of nitrogen functional groups attached to an aromatic ring is 1. The Bertz CT molecular complexity index is 588. The fourth-order valence-corrected chi connectivity index (χ4v) is 2.31. The minimum atomic E-state index is -0.767. The number of hydrogen-bond donors (Lipinski definition) is 1. The molecule has 0 saturated heterocycles. The van der Waals surface area contributed by atoms with Gasteiger partial charge in [0.1, 0.15) is 17.5 Å². The minimum Gasteiger partial charge on any atom is -0.479 e. The van der Waals surface area contributed by atoms with E-state index in [-0.39, 0.29) is 12.0 Å². The highest BCUT2D eigenvalue weighted by Gasteiger charge is 2.39. The zero-order chi connectivity index (χ0) is 16.4. The smallest absolute Gasteiger partial charge is 0.329 e. The van der Waals surface area contributed by atoms with Crippen LogP contribution >= 0.6 is 0 Å². The molecule has 1 aromatic carbocycles. The van der Waals surface area contributed by atoms with Gasteiger partial charge >= 0.3 is 5.97 Å². The molecular weight excluding hydrogens is 284 g/mol. The Morgan fingerprint density at radius 3 is 2.77 bits per heavy atom. The van der Waals surface area contributed by atoms with Crippen LogP contribution in [0.2, 0.25) is 0 Å². The van der Waals surface area contributed by atoms with E-state index in [1.54, 1.807) is 32.0 Å². The lowest BCUT2D eigenvalue weighted by atomic mass is 10.1. The molecule has 1 aliphatic rings. The predicted octanol–water partition coefficient (Wildman–Crippen LogP) is 2.11. The molecule has 2 N–H and O–H groups in total. The van der Waals surface area contributed by atoms with Crippen LogP contribution in [-0.2, 0) is 14.3 Å². The number of anilines is 2. The molecule has 1 aliphatic heterocycles. The topological polar surface area (TPSA) is 81.9 Å². The summed E-state index contributed by atoms with van der Waals surface area (Å²) in [6, 6.07) is 4.38. The van der Waals surface area contributed by atoms with E-state index in [2.05, 4.69) is 0 Å². The molecular formula is C16H22N2O4. The normalized spacial score (nSPS) is 19.9. The van der Waals surface area contributed by atoms with Crippen LogP contribution < -0.4 is 15.4 Å². The van der Waals surface area contributed by atoms with Crippen molar-refractivity contribution in [1.29, 1.82) is 0 Å². The third kappa shape index (κ3) is 2.86.